The van der Waals surface area contributed by atoms with Crippen LogP contribution in [0.1, 0.15) is 40.9 Å². The standard InChI is InChI=1S/C17H19N3O/c1-12(13-7-10-18-11-8-13)20-17(21)15-4-2-6-16-14(15)5-3-9-19-16/h2,4,6-8,10-12,19H,3,5,9H2,1H3,(H,20,21)/t12-/m0/s1. The lowest BCUT2D eigenvalue weighted by Gasteiger charge is -2.21. The van der Waals surface area contributed by atoms with Crippen LogP contribution < -0.4 is 10.6 Å². The van der Waals surface area contributed by atoms with Gasteiger partial charge in [0.05, 0.1) is 6.04 Å². The first kappa shape index (κ1) is 13.6. The zero-order valence-corrected chi connectivity index (χ0v) is 12.1. The molecule has 2 aromatic rings. The molecule has 4 nitrogen and oxygen atoms in total. The van der Waals surface area contributed by atoms with E-state index in [1.54, 1.807) is 12.4 Å². The summed E-state index contributed by atoms with van der Waals surface area (Å²) in [4.78, 5) is 16.5. The van der Waals surface area contributed by atoms with Crippen LogP contribution in [0.25, 0.3) is 0 Å². The molecule has 1 aromatic heterocycles. The number of pyridine rings is 1. The van der Waals surface area contributed by atoms with Gasteiger partial charge in [-0.3, -0.25) is 9.78 Å². The van der Waals surface area contributed by atoms with Crippen molar-refractivity contribution >= 4 is 11.6 Å². The summed E-state index contributed by atoms with van der Waals surface area (Å²) < 4.78 is 0. The summed E-state index contributed by atoms with van der Waals surface area (Å²) in [6.45, 7) is 2.96. The first-order chi connectivity index (χ1) is 10.3. The highest BCUT2D eigenvalue weighted by molar-refractivity contribution is 5.97. The van der Waals surface area contributed by atoms with E-state index >= 15 is 0 Å². The second kappa shape index (κ2) is 5.95. The molecule has 1 atom stereocenters. The Morgan fingerprint density at radius 1 is 1.29 bits per heavy atom. The summed E-state index contributed by atoms with van der Waals surface area (Å²) in [7, 11) is 0. The largest absolute Gasteiger partial charge is 0.385 e. The first-order valence-corrected chi connectivity index (χ1v) is 7.32. The lowest BCUT2D eigenvalue weighted by molar-refractivity contribution is 0.0939. The van der Waals surface area contributed by atoms with E-state index in [-0.39, 0.29) is 11.9 Å². The topological polar surface area (TPSA) is 54.0 Å². The van der Waals surface area contributed by atoms with Crippen molar-refractivity contribution < 1.29 is 4.79 Å². The molecule has 2 heterocycles. The molecular weight excluding hydrogens is 262 g/mol. The highest BCUT2D eigenvalue weighted by atomic mass is 16.1. The van der Waals surface area contributed by atoms with E-state index < -0.39 is 0 Å². The molecule has 2 N–H and O–H groups in total. The minimum Gasteiger partial charge on any atom is -0.385 e. The number of nitrogens with one attached hydrogen (secondary N) is 2. The van der Waals surface area contributed by atoms with Gasteiger partial charge in [0, 0.05) is 30.2 Å². The molecule has 0 saturated carbocycles. The molecule has 0 aliphatic carbocycles. The summed E-state index contributed by atoms with van der Waals surface area (Å²) in [5.74, 6) is -0.0140. The van der Waals surface area contributed by atoms with Gasteiger partial charge in [0.15, 0.2) is 0 Å². The number of anilines is 1. The number of hydrogen-bond donors (Lipinski definition) is 2. The fraction of sp³-hybridized carbons (Fsp3) is 0.294. The van der Waals surface area contributed by atoms with Crippen LogP contribution in [0.5, 0.6) is 0 Å². The molecule has 0 unspecified atom stereocenters. The van der Waals surface area contributed by atoms with E-state index in [4.69, 9.17) is 0 Å². The van der Waals surface area contributed by atoms with Crippen molar-refractivity contribution in [2.75, 3.05) is 11.9 Å². The number of carbonyl (C=O) groups excluding carboxylic acids is 1. The van der Waals surface area contributed by atoms with Crippen LogP contribution in [0.3, 0.4) is 0 Å². The predicted molar refractivity (Wildman–Crippen MR) is 83.4 cm³/mol. The number of benzene rings is 1. The van der Waals surface area contributed by atoms with Crippen molar-refractivity contribution in [3.05, 3.63) is 59.4 Å². The minimum atomic E-state index is -0.0343. The van der Waals surface area contributed by atoms with Crippen molar-refractivity contribution in [3.63, 3.8) is 0 Å². The molecule has 1 amide bonds. The van der Waals surface area contributed by atoms with Gasteiger partial charge in [-0.05, 0) is 55.2 Å². The van der Waals surface area contributed by atoms with E-state index in [1.807, 2.05) is 37.3 Å². The Bertz CT molecular complexity index is 640. The normalized spacial score (nSPS) is 14.7. The van der Waals surface area contributed by atoms with Gasteiger partial charge in [-0.15, -0.1) is 0 Å². The number of rotatable bonds is 3. The van der Waals surface area contributed by atoms with E-state index in [1.165, 1.54) is 0 Å². The van der Waals surface area contributed by atoms with Gasteiger partial charge in [0.1, 0.15) is 0 Å². The van der Waals surface area contributed by atoms with Crippen LogP contribution >= 0.6 is 0 Å². The summed E-state index contributed by atoms with van der Waals surface area (Å²) in [6.07, 6.45) is 5.51. The summed E-state index contributed by atoms with van der Waals surface area (Å²) in [5, 5.41) is 6.42. The average Bonchev–Trinajstić information content (AvgIpc) is 2.55. The lowest BCUT2D eigenvalue weighted by Crippen LogP contribution is -2.28. The van der Waals surface area contributed by atoms with Crippen molar-refractivity contribution in [2.45, 2.75) is 25.8 Å². The molecule has 1 aliphatic rings. The van der Waals surface area contributed by atoms with E-state index in [0.29, 0.717) is 0 Å². The molecule has 0 radical (unpaired) electrons. The number of nitrogens with zero attached hydrogens (tertiary/aromatic N) is 1. The smallest absolute Gasteiger partial charge is 0.252 e. The molecule has 1 aliphatic heterocycles. The summed E-state index contributed by atoms with van der Waals surface area (Å²) >= 11 is 0. The Labute approximate surface area is 124 Å². The van der Waals surface area contributed by atoms with Gasteiger partial charge < -0.3 is 10.6 Å². The quantitative estimate of drug-likeness (QED) is 0.909. The number of fused-ring (bicyclic) bond motifs is 1. The highest BCUT2D eigenvalue weighted by Gasteiger charge is 2.18. The summed E-state index contributed by atoms with van der Waals surface area (Å²) in [6, 6.07) is 9.69. The molecule has 1 aromatic carbocycles. The Morgan fingerprint density at radius 2 is 2.10 bits per heavy atom. The Kier molecular flexibility index (Phi) is 3.86. The highest BCUT2D eigenvalue weighted by Crippen LogP contribution is 2.25. The fourth-order valence-electron chi connectivity index (χ4n) is 2.73. The van der Waals surface area contributed by atoms with Gasteiger partial charge in [-0.25, -0.2) is 0 Å². The van der Waals surface area contributed by atoms with Gasteiger partial charge >= 0.3 is 0 Å². The maximum Gasteiger partial charge on any atom is 0.252 e. The number of hydrogen-bond acceptors (Lipinski definition) is 3. The second-order valence-corrected chi connectivity index (χ2v) is 5.34. The van der Waals surface area contributed by atoms with Crippen LogP contribution in [-0.4, -0.2) is 17.4 Å². The van der Waals surface area contributed by atoms with Crippen molar-refractivity contribution in [2.24, 2.45) is 0 Å². The number of amides is 1. The second-order valence-electron chi connectivity index (χ2n) is 5.34. The molecule has 108 valence electrons. The number of carbonyl (C=O) groups is 1. The zero-order valence-electron chi connectivity index (χ0n) is 12.1. The molecule has 0 saturated heterocycles. The maximum atomic E-state index is 12.5. The number of aromatic nitrogens is 1. The summed E-state index contributed by atoms with van der Waals surface area (Å²) in [5.41, 5.74) is 4.05. The lowest BCUT2D eigenvalue weighted by atomic mass is 9.97. The molecule has 4 heteroatoms. The molecule has 0 bridgehead atoms. The van der Waals surface area contributed by atoms with E-state index in [0.717, 1.165) is 41.8 Å². The van der Waals surface area contributed by atoms with Crippen LogP contribution in [0, 0.1) is 0 Å². The Hall–Kier alpha value is -2.36. The van der Waals surface area contributed by atoms with Crippen LogP contribution in [0.15, 0.2) is 42.7 Å². The van der Waals surface area contributed by atoms with Gasteiger partial charge in [-0.1, -0.05) is 6.07 Å². The average molecular weight is 281 g/mol. The van der Waals surface area contributed by atoms with E-state index in [2.05, 4.69) is 15.6 Å². The van der Waals surface area contributed by atoms with Crippen molar-refractivity contribution in [3.8, 4) is 0 Å². The third-order valence-corrected chi connectivity index (χ3v) is 3.89. The van der Waals surface area contributed by atoms with Gasteiger partial charge in [-0.2, -0.15) is 0 Å². The Morgan fingerprint density at radius 3 is 2.90 bits per heavy atom. The van der Waals surface area contributed by atoms with Crippen LogP contribution in [0.4, 0.5) is 5.69 Å². The third-order valence-electron chi connectivity index (χ3n) is 3.89. The Balaban J connectivity index is 1.80. The van der Waals surface area contributed by atoms with Crippen LogP contribution in [0.2, 0.25) is 0 Å². The van der Waals surface area contributed by atoms with E-state index in [9.17, 15) is 4.79 Å². The SMILES string of the molecule is C[C@H](NC(=O)c1cccc2c1CCCN2)c1ccncc1. The fourth-order valence-corrected chi connectivity index (χ4v) is 2.73. The first-order valence-electron chi connectivity index (χ1n) is 7.32. The molecule has 21 heavy (non-hydrogen) atoms. The minimum absolute atomic E-state index is 0.0140. The maximum absolute atomic E-state index is 12.5. The van der Waals surface area contributed by atoms with Crippen molar-refractivity contribution in [1.29, 1.82) is 0 Å². The van der Waals surface area contributed by atoms with Crippen LogP contribution in [-0.2, 0) is 6.42 Å². The van der Waals surface area contributed by atoms with Crippen molar-refractivity contribution in [1.82, 2.24) is 10.3 Å². The molecular formula is C17H19N3O. The zero-order chi connectivity index (χ0) is 14.7. The molecule has 3 rings (SSSR count). The molecule has 0 spiro atoms. The third kappa shape index (κ3) is 2.89. The van der Waals surface area contributed by atoms with Gasteiger partial charge in [0.2, 0.25) is 0 Å². The predicted octanol–water partition coefficient (Wildman–Crippen LogP) is 2.93. The monoisotopic (exact) mass is 281 g/mol. The van der Waals surface area contributed by atoms with Gasteiger partial charge in [0.25, 0.3) is 5.91 Å². The molecule has 0 fully saturated rings.